The van der Waals surface area contributed by atoms with Crippen molar-refractivity contribution in [3.8, 4) is 0 Å². The molecule has 8 nitrogen and oxygen atoms in total. The summed E-state index contributed by atoms with van der Waals surface area (Å²) in [5, 5.41) is 14.5. The average molecular weight is 567 g/mol. The molecule has 1 aromatic rings. The highest BCUT2D eigenvalue weighted by atomic mass is 19.1. The summed E-state index contributed by atoms with van der Waals surface area (Å²) in [6, 6.07) is 2.62. The summed E-state index contributed by atoms with van der Waals surface area (Å²) in [5.41, 5.74) is 0.628. The van der Waals surface area contributed by atoms with E-state index in [9.17, 15) is 19.1 Å². The summed E-state index contributed by atoms with van der Waals surface area (Å²) in [4.78, 5) is 27.1. The van der Waals surface area contributed by atoms with E-state index in [0.29, 0.717) is 18.1 Å². The second kappa shape index (κ2) is 14.1. The highest BCUT2D eigenvalue weighted by Crippen LogP contribution is 2.28. The van der Waals surface area contributed by atoms with Crippen molar-refractivity contribution in [2.45, 2.75) is 125 Å². The van der Waals surface area contributed by atoms with Crippen LogP contribution in [-0.2, 0) is 31.8 Å². The van der Waals surface area contributed by atoms with E-state index < -0.39 is 42.2 Å². The SMILES string of the molecule is CC(=O)N[C@@H](Cc1cc(F)cc(CCC(C)C)c1)[C@H](O)[C@H]1CO[C@@H](OCC(C)(C)C)[C@H](C)N1C(=O)OC(C)(C)C. The number of rotatable bonds is 10. The molecule has 2 rings (SSSR count). The Hall–Kier alpha value is -2.23. The summed E-state index contributed by atoms with van der Waals surface area (Å²) >= 11 is 0. The Kier molecular flexibility index (Phi) is 12.0. The predicted octanol–water partition coefficient (Wildman–Crippen LogP) is 5.24. The fourth-order valence-corrected chi connectivity index (χ4v) is 4.72. The molecule has 40 heavy (non-hydrogen) atoms. The maximum absolute atomic E-state index is 14.5. The molecule has 1 aliphatic heterocycles. The molecular weight excluding hydrogens is 515 g/mol. The third-order valence-electron chi connectivity index (χ3n) is 6.58. The van der Waals surface area contributed by atoms with Gasteiger partial charge in [-0.15, -0.1) is 0 Å². The largest absolute Gasteiger partial charge is 0.444 e. The van der Waals surface area contributed by atoms with E-state index in [1.165, 1.54) is 24.0 Å². The van der Waals surface area contributed by atoms with Crippen molar-refractivity contribution in [1.29, 1.82) is 0 Å². The van der Waals surface area contributed by atoms with Gasteiger partial charge in [-0.3, -0.25) is 9.69 Å². The Labute approximate surface area is 239 Å². The predicted molar refractivity (Wildman–Crippen MR) is 153 cm³/mol. The fourth-order valence-electron chi connectivity index (χ4n) is 4.72. The van der Waals surface area contributed by atoms with Gasteiger partial charge in [0, 0.05) is 6.92 Å². The monoisotopic (exact) mass is 566 g/mol. The Morgan fingerprint density at radius 1 is 1.15 bits per heavy atom. The number of hydrogen-bond donors (Lipinski definition) is 2. The molecule has 0 unspecified atom stereocenters. The van der Waals surface area contributed by atoms with Crippen LogP contribution in [0, 0.1) is 17.2 Å². The quantitative estimate of drug-likeness (QED) is 0.402. The normalized spacial score (nSPS) is 21.7. The lowest BCUT2D eigenvalue weighted by molar-refractivity contribution is -0.233. The van der Waals surface area contributed by atoms with Crippen LogP contribution < -0.4 is 5.32 Å². The molecule has 0 aliphatic carbocycles. The first-order valence-electron chi connectivity index (χ1n) is 14.3. The lowest BCUT2D eigenvalue weighted by Crippen LogP contribution is -2.66. The highest BCUT2D eigenvalue weighted by molar-refractivity contribution is 5.73. The molecule has 9 heteroatoms. The second-order valence-corrected chi connectivity index (χ2v) is 13.7. The molecule has 0 radical (unpaired) electrons. The number of ether oxygens (including phenoxy) is 3. The Morgan fingerprint density at radius 3 is 2.33 bits per heavy atom. The number of halogens is 1. The first kappa shape index (κ1) is 34.0. The van der Waals surface area contributed by atoms with Crippen LogP contribution in [0.1, 0.15) is 86.8 Å². The first-order valence-corrected chi connectivity index (χ1v) is 14.3. The van der Waals surface area contributed by atoms with Gasteiger partial charge >= 0.3 is 6.09 Å². The maximum atomic E-state index is 14.5. The van der Waals surface area contributed by atoms with Crippen LogP contribution in [0.25, 0.3) is 0 Å². The van der Waals surface area contributed by atoms with Crippen LogP contribution in [0.2, 0.25) is 0 Å². The Morgan fingerprint density at radius 2 is 1.77 bits per heavy atom. The number of aryl methyl sites for hydroxylation is 1. The number of aliphatic hydroxyl groups is 1. The van der Waals surface area contributed by atoms with Gasteiger partial charge in [-0.25, -0.2) is 9.18 Å². The zero-order chi connectivity index (χ0) is 30.4. The van der Waals surface area contributed by atoms with Gasteiger partial charge in [0.05, 0.1) is 37.4 Å². The summed E-state index contributed by atoms with van der Waals surface area (Å²) in [5.74, 6) is -0.236. The number of aliphatic hydroxyl groups excluding tert-OH is 1. The average Bonchev–Trinajstić information content (AvgIpc) is 2.78. The summed E-state index contributed by atoms with van der Waals surface area (Å²) < 4.78 is 32.3. The molecule has 228 valence electrons. The fraction of sp³-hybridized carbons (Fsp3) is 0.742. The van der Waals surface area contributed by atoms with E-state index in [-0.39, 0.29) is 30.2 Å². The molecular formula is C31H51FN2O6. The molecule has 0 bridgehead atoms. The molecule has 0 spiro atoms. The molecule has 1 fully saturated rings. The molecule has 2 amide bonds. The minimum atomic E-state index is -1.23. The van der Waals surface area contributed by atoms with Crippen molar-refractivity contribution in [3.63, 3.8) is 0 Å². The van der Waals surface area contributed by atoms with Crippen LogP contribution >= 0.6 is 0 Å². The first-order chi connectivity index (χ1) is 18.4. The molecule has 0 aromatic heterocycles. The van der Waals surface area contributed by atoms with E-state index in [1.807, 2.05) is 26.8 Å². The molecule has 2 N–H and O–H groups in total. The number of hydrogen-bond acceptors (Lipinski definition) is 6. The van der Waals surface area contributed by atoms with E-state index in [2.05, 4.69) is 19.2 Å². The maximum Gasteiger partial charge on any atom is 0.411 e. The number of amides is 2. The van der Waals surface area contributed by atoms with Gasteiger partial charge in [0.25, 0.3) is 0 Å². The zero-order valence-electron chi connectivity index (χ0n) is 26.0. The van der Waals surface area contributed by atoms with Gasteiger partial charge < -0.3 is 24.6 Å². The Balaban J connectivity index is 2.37. The van der Waals surface area contributed by atoms with Crippen molar-refractivity contribution in [1.82, 2.24) is 10.2 Å². The molecule has 5 atom stereocenters. The molecule has 1 aliphatic rings. The summed E-state index contributed by atoms with van der Waals surface area (Å²) in [6.07, 6.45) is -0.747. The third-order valence-corrected chi connectivity index (χ3v) is 6.58. The minimum absolute atomic E-state index is 0.0293. The van der Waals surface area contributed by atoms with Crippen LogP contribution in [0.4, 0.5) is 9.18 Å². The van der Waals surface area contributed by atoms with Crippen molar-refractivity contribution >= 4 is 12.0 Å². The molecule has 1 saturated heterocycles. The minimum Gasteiger partial charge on any atom is -0.444 e. The Bertz CT molecular complexity index is 987. The third kappa shape index (κ3) is 11.0. The van der Waals surface area contributed by atoms with Gasteiger partial charge in [-0.05, 0) is 81.5 Å². The van der Waals surface area contributed by atoms with Crippen molar-refractivity contribution in [2.24, 2.45) is 11.3 Å². The molecule has 1 aromatic carbocycles. The van der Waals surface area contributed by atoms with Crippen molar-refractivity contribution < 1.29 is 33.3 Å². The number of nitrogens with one attached hydrogen (secondary N) is 1. The lowest BCUT2D eigenvalue weighted by atomic mass is 9.92. The molecule has 1 heterocycles. The van der Waals surface area contributed by atoms with E-state index in [4.69, 9.17) is 14.2 Å². The second-order valence-electron chi connectivity index (χ2n) is 13.7. The van der Waals surface area contributed by atoms with Crippen LogP contribution in [0.3, 0.4) is 0 Å². The summed E-state index contributed by atoms with van der Waals surface area (Å²) in [6.45, 7) is 19.2. The van der Waals surface area contributed by atoms with Gasteiger partial charge in [0.1, 0.15) is 11.4 Å². The lowest BCUT2D eigenvalue weighted by Gasteiger charge is -2.47. The highest BCUT2D eigenvalue weighted by Gasteiger charge is 2.46. The number of carbonyl (C=O) groups is 2. The van der Waals surface area contributed by atoms with E-state index in [1.54, 1.807) is 27.7 Å². The van der Waals surface area contributed by atoms with E-state index in [0.717, 1.165) is 18.4 Å². The number of benzene rings is 1. The van der Waals surface area contributed by atoms with Gasteiger partial charge in [0.2, 0.25) is 5.91 Å². The number of carbonyl (C=O) groups excluding carboxylic acids is 2. The van der Waals surface area contributed by atoms with E-state index >= 15 is 0 Å². The standard InChI is InChI=1S/C31H51FN2O6/c1-19(2)11-12-22-13-23(15-24(32)14-22)16-25(33-21(4)35)27(36)26-17-38-28(39-18-30(5,6)7)20(3)34(26)29(37)40-31(8,9)10/h13-15,19-20,25-28,36H,11-12,16-18H2,1-10H3,(H,33,35)/t20-,25-,26+,27-,28-/m0/s1. The topological polar surface area (TPSA) is 97.3 Å². The van der Waals surface area contributed by atoms with Crippen LogP contribution in [-0.4, -0.2) is 71.3 Å². The smallest absolute Gasteiger partial charge is 0.411 e. The number of morpholine rings is 1. The van der Waals surface area contributed by atoms with Gasteiger partial charge in [-0.2, -0.15) is 0 Å². The number of nitrogens with zero attached hydrogens (tertiary/aromatic N) is 1. The van der Waals surface area contributed by atoms with Crippen LogP contribution in [0.5, 0.6) is 0 Å². The van der Waals surface area contributed by atoms with Crippen molar-refractivity contribution in [3.05, 3.63) is 35.1 Å². The van der Waals surface area contributed by atoms with Gasteiger partial charge in [-0.1, -0.05) is 40.7 Å². The van der Waals surface area contributed by atoms with Gasteiger partial charge in [0.15, 0.2) is 6.29 Å². The summed E-state index contributed by atoms with van der Waals surface area (Å²) in [7, 11) is 0. The zero-order valence-corrected chi connectivity index (χ0v) is 26.0. The molecule has 0 saturated carbocycles. The van der Waals surface area contributed by atoms with Crippen molar-refractivity contribution in [2.75, 3.05) is 13.2 Å². The van der Waals surface area contributed by atoms with Crippen LogP contribution in [0.15, 0.2) is 18.2 Å².